The molecule has 23 heavy (non-hydrogen) atoms. The van der Waals surface area contributed by atoms with Gasteiger partial charge >= 0.3 is 6.03 Å². The van der Waals surface area contributed by atoms with Crippen molar-refractivity contribution in [3.8, 4) is 5.69 Å². The number of hydrogen-bond acceptors (Lipinski definition) is 3. The van der Waals surface area contributed by atoms with Gasteiger partial charge in [-0.2, -0.15) is 0 Å². The zero-order chi connectivity index (χ0) is 16.3. The predicted octanol–water partition coefficient (Wildman–Crippen LogP) is 1.58. The lowest BCUT2D eigenvalue weighted by Crippen LogP contribution is -2.39. The summed E-state index contributed by atoms with van der Waals surface area (Å²) in [5.41, 5.74) is 0.953. The first kappa shape index (κ1) is 15.5. The summed E-state index contributed by atoms with van der Waals surface area (Å²) >= 11 is 0. The van der Waals surface area contributed by atoms with E-state index in [1.54, 1.807) is 29.1 Å². The minimum atomic E-state index is -0.375. The monoisotopic (exact) mass is 318 g/mol. The summed E-state index contributed by atoms with van der Waals surface area (Å²) in [5, 5.41) is 14.6. The van der Waals surface area contributed by atoms with Crippen LogP contribution in [-0.2, 0) is 6.54 Å². The molecular formula is C16H19FN4O2. The lowest BCUT2D eigenvalue weighted by molar-refractivity contribution is 0.203. The van der Waals surface area contributed by atoms with Crippen LogP contribution in [0.5, 0.6) is 0 Å². The van der Waals surface area contributed by atoms with E-state index in [4.69, 9.17) is 0 Å². The molecule has 0 aliphatic heterocycles. The molecule has 6 nitrogen and oxygen atoms in total. The molecule has 0 spiro atoms. The van der Waals surface area contributed by atoms with Crippen molar-refractivity contribution in [2.75, 3.05) is 13.2 Å². The number of aliphatic hydroxyl groups excluding tert-OH is 1. The van der Waals surface area contributed by atoms with Crippen molar-refractivity contribution in [2.24, 2.45) is 5.41 Å². The summed E-state index contributed by atoms with van der Waals surface area (Å²) in [6.07, 6.45) is 6.64. The Labute approximate surface area is 133 Å². The first-order valence-corrected chi connectivity index (χ1v) is 7.51. The number of nitrogens with one attached hydrogen (secondary N) is 2. The van der Waals surface area contributed by atoms with Gasteiger partial charge in [-0.25, -0.2) is 14.2 Å². The zero-order valence-corrected chi connectivity index (χ0v) is 12.6. The average molecular weight is 318 g/mol. The topological polar surface area (TPSA) is 79.2 Å². The van der Waals surface area contributed by atoms with Crippen molar-refractivity contribution in [3.05, 3.63) is 48.3 Å². The van der Waals surface area contributed by atoms with E-state index in [2.05, 4.69) is 15.6 Å². The molecule has 1 aromatic carbocycles. The van der Waals surface area contributed by atoms with Gasteiger partial charge in [-0.1, -0.05) is 6.07 Å². The summed E-state index contributed by atoms with van der Waals surface area (Å²) in [6, 6.07) is 4.49. The standard InChI is InChI=1S/C16H19FN4O2/c17-13-7-12(1-2-14(13)21-6-5-18-11-21)8-19-15(23)20-9-16(10-22)3-4-16/h1-2,5-7,11,22H,3-4,8-10H2,(H2,19,20,23). The molecule has 2 amide bonds. The van der Waals surface area contributed by atoms with Crippen LogP contribution in [0.2, 0.25) is 0 Å². The molecule has 1 aliphatic rings. The second kappa shape index (κ2) is 6.37. The van der Waals surface area contributed by atoms with Crippen molar-refractivity contribution in [3.63, 3.8) is 0 Å². The van der Waals surface area contributed by atoms with Crippen LogP contribution in [0.25, 0.3) is 5.69 Å². The van der Waals surface area contributed by atoms with E-state index >= 15 is 0 Å². The number of imidazole rings is 1. The van der Waals surface area contributed by atoms with E-state index in [-0.39, 0.29) is 30.4 Å². The van der Waals surface area contributed by atoms with Gasteiger partial charge in [0, 0.05) is 30.9 Å². The number of carbonyl (C=O) groups is 1. The van der Waals surface area contributed by atoms with E-state index in [0.717, 1.165) is 12.8 Å². The molecule has 1 aromatic heterocycles. The molecule has 1 saturated carbocycles. The Kier molecular flexibility index (Phi) is 4.29. The Morgan fingerprint density at radius 3 is 2.83 bits per heavy atom. The second-order valence-corrected chi connectivity index (χ2v) is 5.95. The van der Waals surface area contributed by atoms with Crippen molar-refractivity contribution in [1.29, 1.82) is 0 Å². The maximum atomic E-state index is 14.1. The number of rotatable bonds is 6. The Morgan fingerprint density at radius 1 is 1.39 bits per heavy atom. The minimum Gasteiger partial charge on any atom is -0.396 e. The normalized spacial score (nSPS) is 15.2. The number of benzene rings is 1. The van der Waals surface area contributed by atoms with Crippen molar-refractivity contribution in [1.82, 2.24) is 20.2 Å². The maximum Gasteiger partial charge on any atom is 0.315 e. The van der Waals surface area contributed by atoms with Crippen LogP contribution in [-0.4, -0.2) is 33.8 Å². The number of amides is 2. The van der Waals surface area contributed by atoms with Gasteiger partial charge in [-0.15, -0.1) is 0 Å². The number of aromatic nitrogens is 2. The van der Waals surface area contributed by atoms with Crippen LogP contribution in [0.1, 0.15) is 18.4 Å². The number of aliphatic hydroxyl groups is 1. The van der Waals surface area contributed by atoms with Crippen molar-refractivity contribution in [2.45, 2.75) is 19.4 Å². The molecule has 0 bridgehead atoms. The molecular weight excluding hydrogens is 299 g/mol. The molecule has 0 radical (unpaired) electrons. The van der Waals surface area contributed by atoms with Gasteiger partial charge in [0.2, 0.25) is 0 Å². The second-order valence-electron chi connectivity index (χ2n) is 5.95. The first-order chi connectivity index (χ1) is 11.1. The lowest BCUT2D eigenvalue weighted by atomic mass is 10.1. The number of urea groups is 1. The van der Waals surface area contributed by atoms with Crippen LogP contribution in [0, 0.1) is 11.2 Å². The number of carbonyl (C=O) groups excluding carboxylic acids is 1. The Morgan fingerprint density at radius 2 is 2.22 bits per heavy atom. The van der Waals surface area contributed by atoms with E-state index in [9.17, 15) is 14.3 Å². The smallest absolute Gasteiger partial charge is 0.315 e. The SMILES string of the molecule is O=C(NCc1ccc(-n2ccnc2)c(F)c1)NCC1(CO)CC1. The quantitative estimate of drug-likeness (QED) is 0.756. The number of nitrogens with zero attached hydrogens (tertiary/aromatic N) is 2. The minimum absolute atomic E-state index is 0.0915. The van der Waals surface area contributed by atoms with Gasteiger partial charge in [0.25, 0.3) is 0 Å². The van der Waals surface area contributed by atoms with E-state index in [0.29, 0.717) is 17.8 Å². The van der Waals surface area contributed by atoms with Crippen molar-refractivity contribution < 1.29 is 14.3 Å². The fraction of sp³-hybridized carbons (Fsp3) is 0.375. The van der Waals surface area contributed by atoms with Crippen LogP contribution < -0.4 is 10.6 Å². The highest BCUT2D eigenvalue weighted by Gasteiger charge is 2.42. The Bertz CT molecular complexity index is 683. The molecule has 2 aromatic rings. The summed E-state index contributed by atoms with van der Waals surface area (Å²) in [7, 11) is 0. The van der Waals surface area contributed by atoms with Crippen molar-refractivity contribution >= 4 is 6.03 Å². The number of hydrogen-bond donors (Lipinski definition) is 3. The highest BCUT2D eigenvalue weighted by molar-refractivity contribution is 5.73. The summed E-state index contributed by atoms with van der Waals surface area (Å²) < 4.78 is 15.7. The highest BCUT2D eigenvalue weighted by Crippen LogP contribution is 2.44. The molecule has 0 saturated heterocycles. The number of halogens is 1. The third-order valence-corrected chi connectivity index (χ3v) is 4.16. The summed E-state index contributed by atoms with van der Waals surface area (Å²) in [5.74, 6) is -0.375. The Hall–Kier alpha value is -2.41. The van der Waals surface area contributed by atoms with Crippen LogP contribution >= 0.6 is 0 Å². The molecule has 122 valence electrons. The molecule has 1 fully saturated rings. The van der Waals surface area contributed by atoms with Gasteiger partial charge < -0.3 is 20.3 Å². The largest absolute Gasteiger partial charge is 0.396 e. The molecule has 0 atom stereocenters. The van der Waals surface area contributed by atoms with Crippen LogP contribution in [0.3, 0.4) is 0 Å². The maximum absolute atomic E-state index is 14.1. The summed E-state index contributed by atoms with van der Waals surface area (Å²) in [6.45, 7) is 0.788. The molecule has 3 N–H and O–H groups in total. The van der Waals surface area contributed by atoms with Gasteiger partial charge in [-0.3, -0.25) is 0 Å². The van der Waals surface area contributed by atoms with Crippen LogP contribution in [0.15, 0.2) is 36.9 Å². The van der Waals surface area contributed by atoms with E-state index < -0.39 is 0 Å². The Balaban J connectivity index is 1.52. The fourth-order valence-electron chi connectivity index (χ4n) is 2.35. The van der Waals surface area contributed by atoms with Crippen LogP contribution in [0.4, 0.5) is 9.18 Å². The molecule has 0 unspecified atom stereocenters. The molecule has 1 aliphatic carbocycles. The van der Waals surface area contributed by atoms with Gasteiger partial charge in [0.15, 0.2) is 0 Å². The van der Waals surface area contributed by atoms with Gasteiger partial charge in [-0.05, 0) is 30.5 Å². The lowest BCUT2D eigenvalue weighted by Gasteiger charge is -2.13. The van der Waals surface area contributed by atoms with Gasteiger partial charge in [0.1, 0.15) is 5.82 Å². The molecule has 3 rings (SSSR count). The highest BCUT2D eigenvalue weighted by atomic mass is 19.1. The molecule has 1 heterocycles. The predicted molar refractivity (Wildman–Crippen MR) is 82.5 cm³/mol. The zero-order valence-electron chi connectivity index (χ0n) is 12.6. The third-order valence-electron chi connectivity index (χ3n) is 4.16. The first-order valence-electron chi connectivity index (χ1n) is 7.51. The van der Waals surface area contributed by atoms with E-state index in [1.165, 1.54) is 12.4 Å². The third kappa shape index (κ3) is 3.68. The fourth-order valence-corrected chi connectivity index (χ4v) is 2.35. The average Bonchev–Trinajstić information content (AvgIpc) is 3.14. The summed E-state index contributed by atoms with van der Waals surface area (Å²) in [4.78, 5) is 15.6. The van der Waals surface area contributed by atoms with Gasteiger partial charge in [0.05, 0.1) is 18.6 Å². The van der Waals surface area contributed by atoms with E-state index in [1.807, 2.05) is 0 Å². The molecule has 7 heteroatoms.